The Morgan fingerprint density at radius 3 is 2.47 bits per heavy atom. The van der Waals surface area contributed by atoms with E-state index in [1.807, 2.05) is 18.2 Å². The van der Waals surface area contributed by atoms with Crippen LogP contribution in [0.3, 0.4) is 0 Å². The van der Waals surface area contributed by atoms with Crippen molar-refractivity contribution < 1.29 is 17.1 Å². The van der Waals surface area contributed by atoms with Crippen molar-refractivity contribution in [2.45, 2.75) is 30.4 Å². The van der Waals surface area contributed by atoms with Gasteiger partial charge in [0, 0.05) is 18.7 Å². The van der Waals surface area contributed by atoms with Crippen LogP contribution in [0.15, 0.2) is 24.3 Å². The van der Waals surface area contributed by atoms with Crippen LogP contribution >= 0.6 is 0 Å². The second-order valence-electron chi connectivity index (χ2n) is 5.14. The Kier molecular flexibility index (Phi) is 2.85. The number of para-hydroxylation sites is 1. The quantitative estimate of drug-likeness (QED) is 0.797. The molecule has 1 saturated heterocycles. The zero-order valence-corrected chi connectivity index (χ0v) is 11.1. The van der Waals surface area contributed by atoms with Gasteiger partial charge in [-0.3, -0.25) is 4.79 Å². The van der Waals surface area contributed by atoms with Gasteiger partial charge in [-0.05, 0) is 30.4 Å². The maximum atomic E-state index is 13.0. The van der Waals surface area contributed by atoms with Crippen LogP contribution in [0.4, 0.5) is 9.57 Å². The van der Waals surface area contributed by atoms with Gasteiger partial charge in [0.15, 0.2) is 0 Å². The van der Waals surface area contributed by atoms with Gasteiger partial charge in [-0.25, -0.2) is 0 Å². The van der Waals surface area contributed by atoms with Crippen LogP contribution in [0.1, 0.15) is 30.7 Å². The van der Waals surface area contributed by atoms with Gasteiger partial charge < -0.3 is 4.90 Å². The van der Waals surface area contributed by atoms with Crippen molar-refractivity contribution in [3.63, 3.8) is 0 Å². The molecule has 0 bridgehead atoms. The lowest BCUT2D eigenvalue weighted by Crippen LogP contribution is -2.27. The Labute approximate surface area is 111 Å². The highest BCUT2D eigenvalue weighted by molar-refractivity contribution is 7.87. The Bertz CT molecular complexity index is 625. The molecule has 1 amide bonds. The highest BCUT2D eigenvalue weighted by Crippen LogP contribution is 2.45. The van der Waals surface area contributed by atoms with Crippen LogP contribution in [0.5, 0.6) is 0 Å². The normalized spacial score (nSPS) is 23.9. The van der Waals surface area contributed by atoms with E-state index in [0.717, 1.165) is 24.1 Å². The van der Waals surface area contributed by atoms with E-state index in [1.165, 1.54) is 4.90 Å². The molecular weight excluding hydrogens is 269 g/mol. The number of nitrogens with zero attached hydrogens (tertiary/aromatic N) is 1. The maximum absolute atomic E-state index is 13.0. The summed E-state index contributed by atoms with van der Waals surface area (Å²) in [4.78, 5) is 13.3. The van der Waals surface area contributed by atoms with Crippen LogP contribution in [-0.2, 0) is 15.0 Å². The molecule has 3 rings (SSSR count). The van der Waals surface area contributed by atoms with Crippen molar-refractivity contribution >= 4 is 21.8 Å². The third-order valence-electron chi connectivity index (χ3n) is 3.73. The summed E-state index contributed by atoms with van der Waals surface area (Å²) in [6.45, 7) is -0.0819. The first-order chi connectivity index (χ1) is 8.97. The van der Waals surface area contributed by atoms with Gasteiger partial charge in [0.25, 0.3) is 0 Å². The molecule has 1 aromatic carbocycles. The molecule has 4 nitrogen and oxygen atoms in total. The van der Waals surface area contributed by atoms with E-state index in [1.54, 1.807) is 6.07 Å². The summed E-state index contributed by atoms with van der Waals surface area (Å²) in [5.41, 5.74) is 1.80. The van der Waals surface area contributed by atoms with Crippen LogP contribution in [-0.4, -0.2) is 26.1 Å². The zero-order chi connectivity index (χ0) is 13.6. The number of rotatable bonds is 3. The molecule has 2 aliphatic rings. The second kappa shape index (κ2) is 4.30. The van der Waals surface area contributed by atoms with Gasteiger partial charge >= 0.3 is 10.2 Å². The number of halogens is 1. The lowest BCUT2D eigenvalue weighted by molar-refractivity contribution is -0.117. The van der Waals surface area contributed by atoms with Crippen LogP contribution < -0.4 is 4.90 Å². The molecule has 6 heteroatoms. The molecule has 102 valence electrons. The molecular formula is C13H14FNO3S. The van der Waals surface area contributed by atoms with E-state index >= 15 is 0 Å². The Morgan fingerprint density at radius 2 is 1.89 bits per heavy atom. The fraction of sp³-hybridized carbons (Fsp3) is 0.462. The van der Waals surface area contributed by atoms with E-state index in [4.69, 9.17) is 0 Å². The van der Waals surface area contributed by atoms with Crippen molar-refractivity contribution in [1.29, 1.82) is 0 Å². The minimum absolute atomic E-state index is 0.0819. The molecule has 0 aromatic heterocycles. The molecule has 0 radical (unpaired) electrons. The summed E-state index contributed by atoms with van der Waals surface area (Å²) < 4.78 is 34.9. The lowest BCUT2D eigenvalue weighted by atomic mass is 10.1. The number of amides is 1. The molecule has 1 unspecified atom stereocenters. The predicted molar refractivity (Wildman–Crippen MR) is 69.2 cm³/mol. The van der Waals surface area contributed by atoms with Crippen LogP contribution in [0.2, 0.25) is 0 Å². The Hall–Kier alpha value is -1.43. The van der Waals surface area contributed by atoms with E-state index in [0.29, 0.717) is 5.92 Å². The number of anilines is 1. The average molecular weight is 283 g/mol. The van der Waals surface area contributed by atoms with Crippen LogP contribution in [0, 0.1) is 0 Å². The van der Waals surface area contributed by atoms with E-state index < -0.39 is 15.5 Å². The topological polar surface area (TPSA) is 54.5 Å². The predicted octanol–water partition coefficient (Wildman–Crippen LogP) is 1.97. The largest absolute Gasteiger partial charge is 0.311 e. The summed E-state index contributed by atoms with van der Waals surface area (Å²) in [5, 5.41) is -1.23. The van der Waals surface area contributed by atoms with Crippen molar-refractivity contribution in [1.82, 2.24) is 0 Å². The smallest absolute Gasteiger partial charge is 0.307 e. The van der Waals surface area contributed by atoms with Gasteiger partial charge in [-0.2, -0.15) is 8.42 Å². The minimum atomic E-state index is -4.66. The van der Waals surface area contributed by atoms with Crippen molar-refractivity contribution in [2.75, 3.05) is 11.4 Å². The van der Waals surface area contributed by atoms with Gasteiger partial charge in [0.1, 0.15) is 5.25 Å². The second-order valence-corrected chi connectivity index (χ2v) is 6.76. The fourth-order valence-corrected chi connectivity index (χ4v) is 3.24. The van der Waals surface area contributed by atoms with Crippen LogP contribution in [0.25, 0.3) is 0 Å². The number of hydrogen-bond donors (Lipinski definition) is 0. The van der Waals surface area contributed by atoms with Gasteiger partial charge in [-0.1, -0.05) is 18.2 Å². The SMILES string of the molecule is O=C1CC(S(=O)(=O)F)CN1c1ccccc1C1CC1. The van der Waals surface area contributed by atoms with Crippen molar-refractivity contribution in [3.8, 4) is 0 Å². The molecule has 19 heavy (non-hydrogen) atoms. The first-order valence-corrected chi connectivity index (χ1v) is 7.74. The Morgan fingerprint density at radius 1 is 1.21 bits per heavy atom. The zero-order valence-electron chi connectivity index (χ0n) is 10.3. The highest BCUT2D eigenvalue weighted by atomic mass is 32.3. The third-order valence-corrected chi connectivity index (χ3v) is 4.84. The number of carbonyl (C=O) groups excluding carboxylic acids is 1. The third kappa shape index (κ3) is 2.36. The number of carbonyl (C=O) groups is 1. The molecule has 1 aromatic rings. The summed E-state index contributed by atoms with van der Waals surface area (Å²) in [6, 6.07) is 7.48. The summed E-state index contributed by atoms with van der Waals surface area (Å²) in [6.07, 6.45) is 1.91. The summed E-state index contributed by atoms with van der Waals surface area (Å²) >= 11 is 0. The standard InChI is InChI=1S/C13H14FNO3S/c14-19(17,18)10-7-13(16)15(8-10)12-4-2-1-3-11(12)9-5-6-9/h1-4,9-10H,5-8H2. The molecule has 0 N–H and O–H groups in total. The first kappa shape index (κ1) is 12.6. The highest BCUT2D eigenvalue weighted by Gasteiger charge is 2.40. The molecule has 1 saturated carbocycles. The molecule has 2 fully saturated rings. The number of benzene rings is 1. The molecule has 1 aliphatic heterocycles. The molecule has 1 aliphatic carbocycles. The van der Waals surface area contributed by atoms with Crippen molar-refractivity contribution in [2.24, 2.45) is 0 Å². The summed E-state index contributed by atoms with van der Waals surface area (Å²) in [7, 11) is -4.66. The van der Waals surface area contributed by atoms with E-state index in [9.17, 15) is 17.1 Å². The maximum Gasteiger partial charge on any atom is 0.307 e. The van der Waals surface area contributed by atoms with E-state index in [2.05, 4.69) is 0 Å². The van der Waals surface area contributed by atoms with Crippen molar-refractivity contribution in [3.05, 3.63) is 29.8 Å². The molecule has 1 atom stereocenters. The summed E-state index contributed by atoms with van der Waals surface area (Å²) in [5.74, 6) is 0.129. The molecule has 1 heterocycles. The average Bonchev–Trinajstić information content (AvgIpc) is 3.11. The first-order valence-electron chi connectivity index (χ1n) is 6.29. The molecule has 0 spiro atoms. The van der Waals surface area contributed by atoms with Gasteiger partial charge in [-0.15, -0.1) is 3.89 Å². The fourth-order valence-electron chi connectivity index (χ4n) is 2.57. The minimum Gasteiger partial charge on any atom is -0.311 e. The van der Waals surface area contributed by atoms with Gasteiger partial charge in [0.05, 0.1) is 0 Å². The van der Waals surface area contributed by atoms with Gasteiger partial charge in [0.2, 0.25) is 5.91 Å². The Balaban J connectivity index is 1.93. The van der Waals surface area contributed by atoms with E-state index in [-0.39, 0.29) is 18.9 Å². The monoisotopic (exact) mass is 283 g/mol. The lowest BCUT2D eigenvalue weighted by Gasteiger charge is -2.19. The number of hydrogen-bond acceptors (Lipinski definition) is 3.